The summed E-state index contributed by atoms with van der Waals surface area (Å²) in [4.78, 5) is 22.2. The number of carbonyl (C=O) groups is 1. The number of hydrogen-bond acceptors (Lipinski definition) is 5. The maximum absolute atomic E-state index is 11.9. The van der Waals surface area contributed by atoms with E-state index in [9.17, 15) is 14.9 Å². The predicted molar refractivity (Wildman–Crippen MR) is 88.0 cm³/mol. The first-order valence-corrected chi connectivity index (χ1v) is 6.80. The molecule has 1 aromatic heterocycles. The van der Waals surface area contributed by atoms with Crippen LogP contribution in [-0.2, 0) is 0 Å². The highest BCUT2D eigenvalue weighted by molar-refractivity contribution is 5.92. The average molecular weight is 340 g/mol. The molecule has 8 nitrogen and oxygen atoms in total. The number of amides is 1. The maximum Gasteiger partial charge on any atom is 0.271 e. The van der Waals surface area contributed by atoms with Crippen LogP contribution in [0, 0.1) is 16.0 Å². The number of carbonyl (C=O) groups excluding carboxylic acids is 1. The van der Waals surface area contributed by atoms with E-state index in [0.717, 1.165) is 0 Å². The number of halogens is 1. The van der Waals surface area contributed by atoms with Crippen molar-refractivity contribution in [3.63, 3.8) is 0 Å². The van der Waals surface area contributed by atoms with E-state index in [2.05, 4.69) is 10.4 Å². The lowest BCUT2D eigenvalue weighted by Gasteiger charge is -2.08. The molecule has 0 aliphatic heterocycles. The summed E-state index contributed by atoms with van der Waals surface area (Å²) in [5.41, 5.74) is 6.22. The van der Waals surface area contributed by atoms with Gasteiger partial charge in [-0.25, -0.2) is 4.68 Å². The van der Waals surface area contributed by atoms with Gasteiger partial charge in [-0.15, -0.1) is 12.4 Å². The summed E-state index contributed by atoms with van der Waals surface area (Å²) in [6.45, 7) is 2.89. The summed E-state index contributed by atoms with van der Waals surface area (Å²) in [7, 11) is 0. The van der Waals surface area contributed by atoms with Gasteiger partial charge in [-0.2, -0.15) is 5.10 Å². The fraction of sp³-hybridized carbons (Fsp3) is 0.286. The van der Waals surface area contributed by atoms with Crippen molar-refractivity contribution >= 4 is 24.0 Å². The summed E-state index contributed by atoms with van der Waals surface area (Å²) >= 11 is 0. The Hall–Kier alpha value is -2.45. The van der Waals surface area contributed by atoms with Gasteiger partial charge in [-0.1, -0.05) is 13.0 Å². The highest BCUT2D eigenvalue weighted by Crippen LogP contribution is 2.16. The topological polar surface area (TPSA) is 116 Å². The van der Waals surface area contributed by atoms with Crippen molar-refractivity contribution in [1.82, 2.24) is 15.1 Å². The predicted octanol–water partition coefficient (Wildman–Crippen LogP) is 1.53. The molecule has 2 rings (SSSR count). The molecule has 1 unspecified atom stereocenters. The lowest BCUT2D eigenvalue weighted by molar-refractivity contribution is -0.384. The SMILES string of the molecule is CC(CN)CNC(=O)c1ccn(-c2cccc([N+](=O)[O-])c2)n1.Cl. The van der Waals surface area contributed by atoms with Crippen LogP contribution < -0.4 is 11.1 Å². The zero-order valence-corrected chi connectivity index (χ0v) is 13.3. The van der Waals surface area contributed by atoms with Crippen LogP contribution in [0.1, 0.15) is 17.4 Å². The Balaban J connectivity index is 0.00000264. The minimum absolute atomic E-state index is 0. The van der Waals surface area contributed by atoms with Crippen LogP contribution in [0.25, 0.3) is 5.69 Å². The highest BCUT2D eigenvalue weighted by Gasteiger charge is 2.12. The van der Waals surface area contributed by atoms with Crippen molar-refractivity contribution in [2.24, 2.45) is 11.7 Å². The summed E-state index contributed by atoms with van der Waals surface area (Å²) in [6.07, 6.45) is 1.58. The first-order chi connectivity index (χ1) is 10.5. The Morgan fingerprint density at radius 2 is 2.22 bits per heavy atom. The summed E-state index contributed by atoms with van der Waals surface area (Å²) in [5.74, 6) is -0.118. The number of hydrogen-bond donors (Lipinski definition) is 2. The number of rotatable bonds is 6. The van der Waals surface area contributed by atoms with Crippen molar-refractivity contribution in [3.05, 3.63) is 52.3 Å². The Morgan fingerprint density at radius 1 is 1.48 bits per heavy atom. The molecule has 0 spiro atoms. The summed E-state index contributed by atoms with van der Waals surface area (Å²) in [5, 5.41) is 17.7. The third-order valence-corrected chi connectivity index (χ3v) is 3.14. The number of aromatic nitrogens is 2. The zero-order chi connectivity index (χ0) is 16.1. The van der Waals surface area contributed by atoms with Crippen LogP contribution in [0.4, 0.5) is 5.69 Å². The molecule has 3 N–H and O–H groups in total. The van der Waals surface area contributed by atoms with E-state index in [1.54, 1.807) is 24.4 Å². The number of benzene rings is 1. The van der Waals surface area contributed by atoms with Gasteiger partial charge in [-0.05, 0) is 24.6 Å². The second-order valence-electron chi connectivity index (χ2n) is 4.97. The van der Waals surface area contributed by atoms with E-state index in [4.69, 9.17) is 5.73 Å². The molecule has 0 aliphatic carbocycles. The first-order valence-electron chi connectivity index (χ1n) is 6.80. The normalized spacial score (nSPS) is 11.4. The van der Waals surface area contributed by atoms with Gasteiger partial charge >= 0.3 is 0 Å². The molecule has 2 aromatic rings. The third-order valence-electron chi connectivity index (χ3n) is 3.14. The average Bonchev–Trinajstić information content (AvgIpc) is 3.02. The fourth-order valence-corrected chi connectivity index (χ4v) is 1.78. The van der Waals surface area contributed by atoms with Crippen molar-refractivity contribution < 1.29 is 9.72 Å². The maximum atomic E-state index is 11.9. The molecule has 1 amide bonds. The molecule has 1 atom stereocenters. The van der Waals surface area contributed by atoms with Crippen LogP contribution in [0.3, 0.4) is 0 Å². The molecule has 9 heteroatoms. The van der Waals surface area contributed by atoms with Gasteiger partial charge in [0, 0.05) is 24.9 Å². The first kappa shape index (κ1) is 18.6. The van der Waals surface area contributed by atoms with E-state index in [0.29, 0.717) is 18.8 Å². The van der Waals surface area contributed by atoms with Crippen molar-refractivity contribution in [2.75, 3.05) is 13.1 Å². The quantitative estimate of drug-likeness (QED) is 0.611. The number of nitrogens with one attached hydrogen (secondary N) is 1. The zero-order valence-electron chi connectivity index (χ0n) is 12.5. The van der Waals surface area contributed by atoms with Gasteiger partial charge in [0.05, 0.1) is 10.6 Å². The highest BCUT2D eigenvalue weighted by atomic mass is 35.5. The number of nitro benzene ring substituents is 1. The lowest BCUT2D eigenvalue weighted by Crippen LogP contribution is -2.31. The molecule has 0 aliphatic rings. The summed E-state index contributed by atoms with van der Waals surface area (Å²) in [6, 6.07) is 7.59. The Morgan fingerprint density at radius 3 is 2.87 bits per heavy atom. The van der Waals surface area contributed by atoms with E-state index < -0.39 is 4.92 Å². The molecular formula is C14H18ClN5O3. The van der Waals surface area contributed by atoms with Crippen molar-refractivity contribution in [3.8, 4) is 5.69 Å². The minimum Gasteiger partial charge on any atom is -0.350 e. The molecule has 0 saturated heterocycles. The van der Waals surface area contributed by atoms with Gasteiger partial charge in [0.2, 0.25) is 0 Å². The molecule has 1 aromatic carbocycles. The van der Waals surface area contributed by atoms with E-state index >= 15 is 0 Å². The molecule has 0 radical (unpaired) electrons. The number of nitrogens with zero attached hydrogens (tertiary/aromatic N) is 3. The fourth-order valence-electron chi connectivity index (χ4n) is 1.78. The standard InChI is InChI=1S/C14H17N5O3.ClH/c1-10(8-15)9-16-14(20)13-5-6-18(17-13)11-3-2-4-12(7-11)19(21)22;/h2-7,10H,8-9,15H2,1H3,(H,16,20);1H. The summed E-state index contributed by atoms with van der Waals surface area (Å²) < 4.78 is 1.42. The molecular weight excluding hydrogens is 322 g/mol. The van der Waals surface area contributed by atoms with E-state index in [1.165, 1.54) is 16.8 Å². The van der Waals surface area contributed by atoms with Gasteiger partial charge in [0.15, 0.2) is 5.69 Å². The number of nitrogens with two attached hydrogens (primary N) is 1. The Labute approximate surface area is 139 Å². The van der Waals surface area contributed by atoms with Crippen molar-refractivity contribution in [1.29, 1.82) is 0 Å². The smallest absolute Gasteiger partial charge is 0.271 e. The Kier molecular flexibility index (Phi) is 6.67. The molecule has 23 heavy (non-hydrogen) atoms. The largest absolute Gasteiger partial charge is 0.350 e. The lowest BCUT2D eigenvalue weighted by atomic mass is 10.2. The van der Waals surface area contributed by atoms with Crippen LogP contribution in [0.15, 0.2) is 36.5 Å². The van der Waals surface area contributed by atoms with E-state index in [1.807, 2.05) is 6.92 Å². The van der Waals surface area contributed by atoms with Crippen LogP contribution >= 0.6 is 12.4 Å². The van der Waals surface area contributed by atoms with Gasteiger partial charge < -0.3 is 11.1 Å². The number of nitro groups is 1. The Bertz CT molecular complexity index is 689. The second-order valence-corrected chi connectivity index (χ2v) is 4.97. The van der Waals surface area contributed by atoms with E-state index in [-0.39, 0.29) is 35.6 Å². The molecule has 1 heterocycles. The molecule has 124 valence electrons. The van der Waals surface area contributed by atoms with Crippen LogP contribution in [0.5, 0.6) is 0 Å². The van der Waals surface area contributed by atoms with Crippen LogP contribution in [-0.4, -0.2) is 33.7 Å². The van der Waals surface area contributed by atoms with Crippen LogP contribution in [0.2, 0.25) is 0 Å². The number of non-ortho nitro benzene ring substituents is 1. The molecule has 0 bridgehead atoms. The monoisotopic (exact) mass is 339 g/mol. The second kappa shape index (κ2) is 8.25. The van der Waals surface area contributed by atoms with Crippen molar-refractivity contribution in [2.45, 2.75) is 6.92 Å². The molecule has 0 saturated carbocycles. The molecule has 0 fully saturated rings. The van der Waals surface area contributed by atoms with Gasteiger partial charge in [-0.3, -0.25) is 14.9 Å². The third kappa shape index (κ3) is 4.76. The van der Waals surface area contributed by atoms with Gasteiger partial charge in [0.1, 0.15) is 0 Å². The van der Waals surface area contributed by atoms with Gasteiger partial charge in [0.25, 0.3) is 11.6 Å². The minimum atomic E-state index is -0.477.